The fourth-order valence-corrected chi connectivity index (χ4v) is 2.76. The molecule has 1 aliphatic rings. The zero-order chi connectivity index (χ0) is 15.7. The number of para-hydroxylation sites is 1. The molecule has 0 atom stereocenters. The van der Waals surface area contributed by atoms with E-state index in [0.29, 0.717) is 6.54 Å². The maximum Gasteiger partial charge on any atom is 0.331 e. The second-order valence-electron chi connectivity index (χ2n) is 5.40. The van der Waals surface area contributed by atoms with E-state index >= 15 is 0 Å². The summed E-state index contributed by atoms with van der Waals surface area (Å²) in [5.74, 6) is -0.145. The minimum absolute atomic E-state index is 0.0682. The lowest BCUT2D eigenvalue weighted by molar-refractivity contribution is -0.119. The van der Waals surface area contributed by atoms with Crippen molar-refractivity contribution in [3.8, 4) is 0 Å². The van der Waals surface area contributed by atoms with Crippen LogP contribution in [0.5, 0.6) is 0 Å². The van der Waals surface area contributed by atoms with Crippen molar-refractivity contribution in [2.45, 2.75) is 19.4 Å². The van der Waals surface area contributed by atoms with Crippen molar-refractivity contribution in [1.29, 1.82) is 0 Å². The SMILES string of the molecule is Cn1c(=O)ccn(CC(=O)N2CCCc3ccccc32)c1=O. The second kappa shape index (κ2) is 5.63. The zero-order valence-electron chi connectivity index (χ0n) is 12.4. The molecule has 1 amide bonds. The number of fused-ring (bicyclic) bond motifs is 1. The van der Waals surface area contributed by atoms with Crippen molar-refractivity contribution >= 4 is 11.6 Å². The highest BCUT2D eigenvalue weighted by molar-refractivity contribution is 5.94. The average Bonchev–Trinajstić information content (AvgIpc) is 2.55. The highest BCUT2D eigenvalue weighted by Crippen LogP contribution is 2.26. The summed E-state index contributed by atoms with van der Waals surface area (Å²) in [6.07, 6.45) is 3.24. The predicted octanol–water partition coefficient (Wildman–Crippen LogP) is 0.526. The van der Waals surface area contributed by atoms with Gasteiger partial charge in [0.15, 0.2) is 0 Å². The Bertz CT molecular complexity index is 835. The van der Waals surface area contributed by atoms with Crippen molar-refractivity contribution in [3.05, 3.63) is 62.9 Å². The van der Waals surface area contributed by atoms with Crippen LogP contribution in [0.4, 0.5) is 5.69 Å². The molecule has 114 valence electrons. The van der Waals surface area contributed by atoms with Gasteiger partial charge < -0.3 is 4.90 Å². The second-order valence-corrected chi connectivity index (χ2v) is 5.40. The Kier molecular flexibility index (Phi) is 3.66. The number of carbonyl (C=O) groups excluding carboxylic acids is 1. The lowest BCUT2D eigenvalue weighted by Gasteiger charge is -2.29. The summed E-state index contributed by atoms with van der Waals surface area (Å²) in [5, 5.41) is 0. The standard InChI is InChI=1S/C16H17N3O3/c1-17-14(20)8-10-18(16(17)22)11-15(21)19-9-4-6-12-5-2-3-7-13(12)19/h2-3,5,7-8,10H,4,6,9,11H2,1H3. The summed E-state index contributed by atoms with van der Waals surface area (Å²) >= 11 is 0. The molecule has 2 heterocycles. The largest absolute Gasteiger partial charge is 0.331 e. The van der Waals surface area contributed by atoms with Gasteiger partial charge in [0, 0.05) is 31.5 Å². The first-order chi connectivity index (χ1) is 10.6. The van der Waals surface area contributed by atoms with Gasteiger partial charge in [-0.25, -0.2) is 4.79 Å². The molecular weight excluding hydrogens is 282 g/mol. The number of aryl methyl sites for hydroxylation is 1. The first-order valence-corrected chi connectivity index (χ1v) is 7.22. The third-order valence-corrected chi connectivity index (χ3v) is 3.98. The van der Waals surface area contributed by atoms with Crippen molar-refractivity contribution in [2.24, 2.45) is 7.05 Å². The Balaban J connectivity index is 1.89. The van der Waals surface area contributed by atoms with Gasteiger partial charge in [-0.2, -0.15) is 0 Å². The molecule has 0 radical (unpaired) electrons. The first-order valence-electron chi connectivity index (χ1n) is 7.22. The van der Waals surface area contributed by atoms with E-state index in [2.05, 4.69) is 0 Å². The molecule has 0 fully saturated rings. The first kappa shape index (κ1) is 14.3. The molecule has 0 spiro atoms. The van der Waals surface area contributed by atoms with Crippen LogP contribution in [0.2, 0.25) is 0 Å². The number of hydrogen-bond acceptors (Lipinski definition) is 3. The number of nitrogens with zero attached hydrogens (tertiary/aromatic N) is 3. The summed E-state index contributed by atoms with van der Waals surface area (Å²) in [6.45, 7) is 0.581. The summed E-state index contributed by atoms with van der Waals surface area (Å²) in [6, 6.07) is 9.11. The molecule has 0 unspecified atom stereocenters. The number of rotatable bonds is 2. The van der Waals surface area contributed by atoms with Crippen LogP contribution in [0.3, 0.4) is 0 Å². The molecule has 1 aromatic carbocycles. The predicted molar refractivity (Wildman–Crippen MR) is 83.1 cm³/mol. The van der Waals surface area contributed by atoms with Crippen LogP contribution in [0.15, 0.2) is 46.1 Å². The van der Waals surface area contributed by atoms with E-state index < -0.39 is 5.69 Å². The molecule has 1 aliphatic heterocycles. The van der Waals surface area contributed by atoms with Crippen LogP contribution < -0.4 is 16.1 Å². The van der Waals surface area contributed by atoms with Gasteiger partial charge in [0.1, 0.15) is 6.54 Å². The topological polar surface area (TPSA) is 64.3 Å². The van der Waals surface area contributed by atoms with Gasteiger partial charge in [-0.3, -0.25) is 18.7 Å². The molecule has 0 N–H and O–H groups in total. The number of amides is 1. The lowest BCUT2D eigenvalue weighted by atomic mass is 10.0. The van der Waals surface area contributed by atoms with Gasteiger partial charge in [0.25, 0.3) is 5.56 Å². The van der Waals surface area contributed by atoms with E-state index in [1.54, 1.807) is 4.90 Å². The van der Waals surface area contributed by atoms with Crippen molar-refractivity contribution in [1.82, 2.24) is 9.13 Å². The van der Waals surface area contributed by atoms with E-state index in [4.69, 9.17) is 0 Å². The van der Waals surface area contributed by atoms with E-state index in [-0.39, 0.29) is 18.0 Å². The van der Waals surface area contributed by atoms with Gasteiger partial charge in [-0.1, -0.05) is 18.2 Å². The van der Waals surface area contributed by atoms with Crippen LogP contribution in [-0.4, -0.2) is 21.6 Å². The van der Waals surface area contributed by atoms with E-state index in [1.807, 2.05) is 24.3 Å². The average molecular weight is 299 g/mol. The molecule has 2 aromatic rings. The number of benzene rings is 1. The summed E-state index contributed by atoms with van der Waals surface area (Å²) < 4.78 is 2.26. The van der Waals surface area contributed by atoms with Gasteiger partial charge >= 0.3 is 5.69 Å². The van der Waals surface area contributed by atoms with E-state index in [1.165, 1.54) is 23.9 Å². The summed E-state index contributed by atoms with van der Waals surface area (Å²) in [7, 11) is 1.40. The molecule has 0 aliphatic carbocycles. The van der Waals surface area contributed by atoms with E-state index in [9.17, 15) is 14.4 Å². The van der Waals surface area contributed by atoms with Gasteiger partial charge in [-0.05, 0) is 24.5 Å². The highest BCUT2D eigenvalue weighted by Gasteiger charge is 2.22. The quantitative estimate of drug-likeness (QED) is 0.812. The van der Waals surface area contributed by atoms with Crippen LogP contribution in [0.1, 0.15) is 12.0 Å². The zero-order valence-corrected chi connectivity index (χ0v) is 12.4. The Hall–Kier alpha value is -2.63. The minimum atomic E-state index is -0.480. The van der Waals surface area contributed by atoms with Crippen LogP contribution in [-0.2, 0) is 24.8 Å². The third-order valence-electron chi connectivity index (χ3n) is 3.98. The van der Waals surface area contributed by atoms with Crippen molar-refractivity contribution in [3.63, 3.8) is 0 Å². The van der Waals surface area contributed by atoms with E-state index in [0.717, 1.165) is 28.7 Å². The molecule has 6 nitrogen and oxygen atoms in total. The summed E-state index contributed by atoms with van der Waals surface area (Å²) in [5.41, 5.74) is 1.20. The minimum Gasteiger partial charge on any atom is -0.311 e. The highest BCUT2D eigenvalue weighted by atomic mass is 16.2. The van der Waals surface area contributed by atoms with Crippen molar-refractivity contribution < 1.29 is 4.79 Å². The fourth-order valence-electron chi connectivity index (χ4n) is 2.76. The normalized spacial score (nSPS) is 13.8. The maximum atomic E-state index is 12.6. The molecule has 22 heavy (non-hydrogen) atoms. The lowest BCUT2D eigenvalue weighted by Crippen LogP contribution is -2.43. The van der Waals surface area contributed by atoms with Gasteiger partial charge in [0.05, 0.1) is 0 Å². The molecular formula is C16H17N3O3. The smallest absolute Gasteiger partial charge is 0.311 e. The molecule has 0 saturated heterocycles. The number of carbonyl (C=O) groups is 1. The molecule has 1 aromatic heterocycles. The Labute approximate surface area is 127 Å². The van der Waals surface area contributed by atoms with Crippen LogP contribution >= 0.6 is 0 Å². The van der Waals surface area contributed by atoms with Gasteiger partial charge in [0.2, 0.25) is 5.91 Å². The third kappa shape index (κ3) is 2.47. The molecule has 6 heteroatoms. The molecule has 3 rings (SSSR count). The number of hydrogen-bond donors (Lipinski definition) is 0. The number of anilines is 1. The fraction of sp³-hybridized carbons (Fsp3) is 0.312. The molecule has 0 bridgehead atoms. The summed E-state index contributed by atoms with van der Waals surface area (Å²) in [4.78, 5) is 37.7. The Morgan fingerprint density at radius 1 is 1.18 bits per heavy atom. The van der Waals surface area contributed by atoms with Gasteiger partial charge in [-0.15, -0.1) is 0 Å². The monoisotopic (exact) mass is 299 g/mol. The Morgan fingerprint density at radius 3 is 2.77 bits per heavy atom. The van der Waals surface area contributed by atoms with Crippen LogP contribution in [0, 0.1) is 0 Å². The maximum absolute atomic E-state index is 12.6. The molecule has 0 saturated carbocycles. The Morgan fingerprint density at radius 2 is 1.95 bits per heavy atom. The number of aromatic nitrogens is 2. The van der Waals surface area contributed by atoms with Crippen molar-refractivity contribution in [2.75, 3.05) is 11.4 Å². The van der Waals surface area contributed by atoms with Crippen LogP contribution in [0.25, 0.3) is 0 Å².